The number of benzene rings is 4. The predicted molar refractivity (Wildman–Crippen MR) is 238 cm³/mol. The van der Waals surface area contributed by atoms with Crippen molar-refractivity contribution in [2.75, 3.05) is 35.4 Å². The second-order valence-corrected chi connectivity index (χ2v) is 13.6. The summed E-state index contributed by atoms with van der Waals surface area (Å²) in [6.45, 7) is 0. The molecule has 67 heavy (non-hydrogen) atoms. The molecule has 6 amide bonds. The van der Waals surface area contributed by atoms with Crippen molar-refractivity contribution in [1.29, 1.82) is 0 Å². The van der Waals surface area contributed by atoms with E-state index in [2.05, 4.69) is 61.8 Å². The Balaban J connectivity index is 0.000000200. The lowest BCUT2D eigenvalue weighted by Crippen LogP contribution is -2.22. The number of ether oxygens (including phenoxy) is 2. The number of anilines is 4. The maximum absolute atomic E-state index is 14.5. The van der Waals surface area contributed by atoms with E-state index in [1.807, 2.05) is 0 Å². The van der Waals surface area contributed by atoms with Crippen LogP contribution in [0.25, 0.3) is 22.1 Å². The van der Waals surface area contributed by atoms with E-state index in [1.165, 1.54) is 81.3 Å². The Morgan fingerprint density at radius 1 is 0.463 bits per heavy atom. The summed E-state index contributed by atoms with van der Waals surface area (Å²) in [4.78, 5) is 72.4. The number of carbonyl (C=O) groups is 4. The minimum absolute atomic E-state index is 0.0313. The number of amides is 6. The molecule has 0 fully saturated rings. The number of hydrogen-bond donors (Lipinski definition) is 6. The molecule has 4 aromatic heterocycles. The molecule has 22 heteroatoms. The minimum Gasteiger partial charge on any atom is -0.457 e. The first-order valence-corrected chi connectivity index (χ1v) is 19.5. The second-order valence-electron chi connectivity index (χ2n) is 13.6. The maximum atomic E-state index is 14.5. The summed E-state index contributed by atoms with van der Waals surface area (Å²) in [6, 6.07) is 21.0. The number of pyridine rings is 2. The van der Waals surface area contributed by atoms with Gasteiger partial charge in [0.15, 0.2) is 0 Å². The van der Waals surface area contributed by atoms with Crippen LogP contribution in [0.15, 0.2) is 134 Å². The topological polar surface area (TPSA) is 236 Å². The largest absolute Gasteiger partial charge is 0.457 e. The Hall–Kier alpha value is -9.34. The Morgan fingerprint density at radius 2 is 0.896 bits per heavy atom. The van der Waals surface area contributed by atoms with E-state index in [4.69, 9.17) is 9.47 Å². The molecule has 0 atom stereocenters. The van der Waals surface area contributed by atoms with E-state index in [0.29, 0.717) is 39.2 Å². The molecule has 4 aromatic carbocycles. The van der Waals surface area contributed by atoms with Gasteiger partial charge in [0.05, 0.1) is 39.0 Å². The highest BCUT2D eigenvalue weighted by molar-refractivity contribution is 6.02. The molecule has 8 rings (SSSR count). The van der Waals surface area contributed by atoms with Crippen LogP contribution in [0.1, 0.15) is 26.5 Å². The number of aromatic nitrogens is 6. The molecule has 0 saturated carbocycles. The molecule has 4 heterocycles. The third-order valence-corrected chi connectivity index (χ3v) is 9.04. The molecule has 0 bridgehead atoms. The van der Waals surface area contributed by atoms with E-state index >= 15 is 0 Å². The van der Waals surface area contributed by atoms with E-state index in [9.17, 15) is 36.7 Å². The van der Waals surface area contributed by atoms with Gasteiger partial charge in [0.1, 0.15) is 40.2 Å². The number of nitrogens with one attached hydrogen (secondary N) is 6. The van der Waals surface area contributed by atoms with Crippen LogP contribution in [0.5, 0.6) is 23.0 Å². The van der Waals surface area contributed by atoms with Crippen molar-refractivity contribution in [2.24, 2.45) is 0 Å². The molecular formula is C45H34F4N12O6. The Bertz CT molecular complexity index is 3140. The van der Waals surface area contributed by atoms with Gasteiger partial charge in [-0.1, -0.05) is 0 Å². The highest BCUT2D eigenvalue weighted by Gasteiger charge is 2.35. The average Bonchev–Trinajstić information content (AvgIpc) is 3.32. The van der Waals surface area contributed by atoms with Crippen LogP contribution in [0.2, 0.25) is 0 Å². The first-order valence-electron chi connectivity index (χ1n) is 19.5. The molecule has 0 aliphatic heterocycles. The highest BCUT2D eigenvalue weighted by Crippen LogP contribution is 2.38. The second kappa shape index (κ2) is 20.4. The summed E-state index contributed by atoms with van der Waals surface area (Å²) in [5.74, 6) is -1.06. The summed E-state index contributed by atoms with van der Waals surface area (Å²) in [6.07, 6.45) is 4.05. The Morgan fingerprint density at radius 3 is 1.36 bits per heavy atom. The van der Waals surface area contributed by atoms with Crippen LogP contribution in [0.3, 0.4) is 0 Å². The van der Waals surface area contributed by atoms with Crippen molar-refractivity contribution in [3.05, 3.63) is 157 Å². The first-order chi connectivity index (χ1) is 32.2. The normalized spacial score (nSPS) is 10.8. The lowest BCUT2D eigenvalue weighted by Gasteiger charge is -2.16. The predicted octanol–water partition coefficient (Wildman–Crippen LogP) is 8.80. The molecule has 0 aliphatic carbocycles. The fourth-order valence-electron chi connectivity index (χ4n) is 5.97. The summed E-state index contributed by atoms with van der Waals surface area (Å²) in [7, 11) is 2.91. The van der Waals surface area contributed by atoms with Crippen molar-refractivity contribution in [1.82, 2.24) is 40.5 Å². The van der Waals surface area contributed by atoms with Gasteiger partial charge in [0.25, 0.3) is 11.8 Å². The van der Waals surface area contributed by atoms with Crippen LogP contribution in [0, 0.1) is 5.82 Å². The molecule has 0 spiro atoms. The molecular weight excluding hydrogens is 881 g/mol. The maximum Gasteiger partial charge on any atom is 0.418 e. The zero-order chi connectivity index (χ0) is 47.5. The average molecular weight is 915 g/mol. The number of hydrogen-bond acceptors (Lipinski definition) is 12. The summed E-state index contributed by atoms with van der Waals surface area (Å²) in [5.41, 5.74) is 1.83. The number of urea groups is 2. The Labute approximate surface area is 376 Å². The number of nitrogens with zero attached hydrogens (tertiary/aromatic N) is 6. The van der Waals surface area contributed by atoms with Crippen molar-refractivity contribution in [3.8, 4) is 23.0 Å². The van der Waals surface area contributed by atoms with Gasteiger partial charge in [-0.05, 0) is 78.9 Å². The quantitative estimate of drug-likeness (QED) is 0.0706. The lowest BCUT2D eigenvalue weighted by molar-refractivity contribution is -0.137. The smallest absolute Gasteiger partial charge is 0.418 e. The monoisotopic (exact) mass is 914 g/mol. The van der Waals surface area contributed by atoms with Gasteiger partial charge in [-0.15, -0.1) is 0 Å². The van der Waals surface area contributed by atoms with Gasteiger partial charge in [0.2, 0.25) is 0 Å². The molecule has 0 saturated heterocycles. The molecule has 0 aliphatic rings. The van der Waals surface area contributed by atoms with Gasteiger partial charge < -0.3 is 41.4 Å². The number of alkyl halides is 3. The lowest BCUT2D eigenvalue weighted by atomic mass is 10.1. The number of carbonyl (C=O) groups excluding carboxylic acids is 4. The van der Waals surface area contributed by atoms with E-state index in [0.717, 1.165) is 18.2 Å². The molecule has 0 unspecified atom stereocenters. The fraction of sp³-hybridized carbons (Fsp3) is 0.0667. The van der Waals surface area contributed by atoms with Gasteiger partial charge in [-0.25, -0.2) is 14.0 Å². The third-order valence-electron chi connectivity index (χ3n) is 9.04. The summed E-state index contributed by atoms with van der Waals surface area (Å²) in [5, 5.41) is 14.6. The van der Waals surface area contributed by atoms with Crippen molar-refractivity contribution < 1.29 is 46.2 Å². The van der Waals surface area contributed by atoms with Gasteiger partial charge in [-0.2, -0.15) is 13.2 Å². The van der Waals surface area contributed by atoms with Gasteiger partial charge >= 0.3 is 18.2 Å². The molecule has 6 N–H and O–H groups in total. The first kappa shape index (κ1) is 45.7. The standard InChI is InChI=1S/C23H17F3N6O3.C22H17FN6O3/c1-27-21(33)20-12-15(6-7-28-20)35-14-3-5-17(16(11-14)23(24,25)26)32-22(34)31-13-2-4-18-19(10-13)30-9-8-29-18;1-24-21(30)20-12-15(6-7-25-20)32-14-3-5-17(16(23)11-14)29-22(31)28-13-2-4-18-19(10-13)27-9-8-26-18/h2-12H,1H3,(H,27,33)(H2,31,32,34);2-12H,1H3,(H,24,30)(H2,28,29,31). The third kappa shape index (κ3) is 12.0. The molecule has 0 radical (unpaired) electrons. The van der Waals surface area contributed by atoms with Crippen molar-refractivity contribution in [3.63, 3.8) is 0 Å². The number of fused-ring (bicyclic) bond motifs is 2. The van der Waals surface area contributed by atoms with Crippen LogP contribution in [-0.2, 0) is 6.18 Å². The highest BCUT2D eigenvalue weighted by atomic mass is 19.4. The van der Waals surface area contributed by atoms with Crippen LogP contribution in [0.4, 0.5) is 49.9 Å². The molecule has 18 nitrogen and oxygen atoms in total. The molecule has 8 aromatic rings. The van der Waals surface area contributed by atoms with Crippen LogP contribution in [-0.4, -0.2) is 67.9 Å². The van der Waals surface area contributed by atoms with E-state index in [-0.39, 0.29) is 40.2 Å². The van der Waals surface area contributed by atoms with Crippen LogP contribution < -0.4 is 41.4 Å². The SMILES string of the molecule is CNC(=O)c1cc(Oc2ccc(NC(=O)Nc3ccc4nccnc4c3)c(C(F)(F)F)c2)ccn1.CNC(=O)c1cc(Oc2ccc(NC(=O)Nc3ccc4nccnc4c3)c(F)c2)ccn1. The van der Waals surface area contributed by atoms with E-state index < -0.39 is 41.2 Å². The number of rotatable bonds is 10. The van der Waals surface area contributed by atoms with Crippen molar-refractivity contribution >= 4 is 68.7 Å². The summed E-state index contributed by atoms with van der Waals surface area (Å²) >= 11 is 0. The fourth-order valence-corrected chi connectivity index (χ4v) is 5.97. The van der Waals surface area contributed by atoms with Crippen LogP contribution >= 0.6 is 0 Å². The molecule has 338 valence electrons. The van der Waals surface area contributed by atoms with Gasteiger partial charge in [-0.3, -0.25) is 39.5 Å². The minimum atomic E-state index is -4.79. The summed E-state index contributed by atoms with van der Waals surface area (Å²) < 4.78 is 66.8. The van der Waals surface area contributed by atoms with Gasteiger partial charge in [0, 0.05) is 80.9 Å². The number of halogens is 4. The van der Waals surface area contributed by atoms with Crippen molar-refractivity contribution in [2.45, 2.75) is 6.18 Å². The Kier molecular flexibility index (Phi) is 13.9. The zero-order valence-corrected chi connectivity index (χ0v) is 34.8. The van der Waals surface area contributed by atoms with E-state index in [1.54, 1.807) is 48.8 Å². The zero-order valence-electron chi connectivity index (χ0n) is 34.8.